The minimum atomic E-state index is -3.02. The van der Waals surface area contributed by atoms with Crippen molar-refractivity contribution >= 4 is 92.1 Å². The smallest absolute Gasteiger partial charge is 0.241 e. The van der Waals surface area contributed by atoms with E-state index in [2.05, 4.69) is 266 Å². The molecule has 0 aromatic heterocycles. The molecule has 10 aromatic rings. The van der Waals surface area contributed by atoms with Gasteiger partial charge in [-0.05, 0) is 79.4 Å². The maximum atomic E-state index is 2.54. The van der Waals surface area contributed by atoms with Crippen molar-refractivity contribution in [2.45, 2.75) is 5.41 Å². The summed E-state index contributed by atoms with van der Waals surface area (Å²) in [6.07, 6.45) is 0. The van der Waals surface area contributed by atoms with Gasteiger partial charge >= 0.3 is 0 Å². The monoisotopic (exact) mass is 839 g/mol. The lowest BCUT2D eigenvalue weighted by Gasteiger charge is -2.52. The Morgan fingerprint density at radius 3 is 1.26 bits per heavy atom. The Bertz CT molecular complexity index is 3280. The molecular formula is C61H43B2NSi. The van der Waals surface area contributed by atoms with Crippen LogP contribution in [0.15, 0.2) is 261 Å². The molecule has 0 bridgehead atoms. The summed E-state index contributed by atoms with van der Waals surface area (Å²) in [6, 6.07) is 98.8. The molecule has 3 aliphatic heterocycles. The molecule has 13 rings (SSSR count). The lowest BCUT2D eigenvalue weighted by molar-refractivity contribution is 0.751. The highest BCUT2D eigenvalue weighted by molar-refractivity contribution is 7.31. The van der Waals surface area contributed by atoms with Crippen molar-refractivity contribution in [3.05, 3.63) is 283 Å². The summed E-state index contributed by atoms with van der Waals surface area (Å²) < 4.78 is 0. The Hall–Kier alpha value is -7.65. The molecule has 3 aliphatic rings. The Kier molecular flexibility index (Phi) is 8.72. The molecule has 1 nitrogen and oxygen atoms in total. The average Bonchev–Trinajstić information content (AvgIpc) is 3.38. The predicted octanol–water partition coefficient (Wildman–Crippen LogP) is 6.89. The Labute approximate surface area is 383 Å². The van der Waals surface area contributed by atoms with E-state index in [1.165, 1.54) is 75.8 Å². The van der Waals surface area contributed by atoms with Crippen LogP contribution in [0.3, 0.4) is 0 Å². The minimum Gasteiger partial charge on any atom is -0.311 e. The number of nitrogens with zero attached hydrogens (tertiary/aromatic N) is 1. The molecule has 4 heteroatoms. The van der Waals surface area contributed by atoms with Crippen molar-refractivity contribution in [1.29, 1.82) is 0 Å². The zero-order chi connectivity index (χ0) is 43.0. The van der Waals surface area contributed by atoms with Gasteiger partial charge in [0.15, 0.2) is 8.07 Å². The molecule has 0 N–H and O–H groups in total. The molecule has 0 radical (unpaired) electrons. The van der Waals surface area contributed by atoms with Gasteiger partial charge < -0.3 is 4.90 Å². The lowest BCUT2D eigenvalue weighted by atomic mass is 9.30. The number of anilines is 3. The third-order valence-electron chi connectivity index (χ3n) is 14.8. The highest BCUT2D eigenvalue weighted by atomic mass is 28.3. The van der Waals surface area contributed by atoms with Gasteiger partial charge in [-0.25, -0.2) is 0 Å². The summed E-state index contributed by atoms with van der Waals surface area (Å²) in [7, 11) is -3.02. The Morgan fingerprint density at radius 2 is 0.708 bits per heavy atom. The summed E-state index contributed by atoms with van der Waals surface area (Å²) >= 11 is 0. The number of hydrogen-bond acceptors (Lipinski definition) is 1. The van der Waals surface area contributed by atoms with Gasteiger partial charge in [0.25, 0.3) is 0 Å². The van der Waals surface area contributed by atoms with Crippen LogP contribution in [0.1, 0.15) is 22.3 Å². The molecule has 1 spiro atoms. The zero-order valence-electron chi connectivity index (χ0n) is 35.9. The van der Waals surface area contributed by atoms with Crippen molar-refractivity contribution in [3.8, 4) is 0 Å². The predicted molar refractivity (Wildman–Crippen MR) is 279 cm³/mol. The van der Waals surface area contributed by atoms with Gasteiger partial charge in [-0.3, -0.25) is 0 Å². The molecular weight excluding hydrogens is 796 g/mol. The van der Waals surface area contributed by atoms with Gasteiger partial charge in [0.1, 0.15) is 0 Å². The number of benzene rings is 10. The van der Waals surface area contributed by atoms with E-state index in [1.54, 1.807) is 0 Å². The molecule has 0 saturated carbocycles. The maximum absolute atomic E-state index is 3.02. The first-order chi connectivity index (χ1) is 32.3. The number of fused-ring (bicyclic) bond motifs is 10. The van der Waals surface area contributed by atoms with Gasteiger partial charge in [0.05, 0.1) is 5.41 Å². The normalized spacial score (nSPS) is 14.3. The summed E-state index contributed by atoms with van der Waals surface area (Å²) in [5, 5.41) is 5.99. The second-order valence-corrected chi connectivity index (χ2v) is 21.5. The molecule has 0 atom stereocenters. The summed E-state index contributed by atoms with van der Waals surface area (Å²) in [5.41, 5.74) is 16.7. The van der Waals surface area contributed by atoms with Crippen LogP contribution in [0.25, 0.3) is 0 Å². The van der Waals surface area contributed by atoms with Crippen LogP contribution >= 0.6 is 0 Å². The fourth-order valence-corrected chi connectivity index (χ4v) is 18.3. The van der Waals surface area contributed by atoms with Crippen molar-refractivity contribution in [2.75, 3.05) is 4.90 Å². The van der Waals surface area contributed by atoms with E-state index in [1.807, 2.05) is 0 Å². The molecule has 0 saturated heterocycles. The first-order valence-electron chi connectivity index (χ1n) is 22.9. The summed E-state index contributed by atoms with van der Waals surface area (Å²) in [6.45, 7) is 0.120. The Morgan fingerprint density at radius 1 is 0.308 bits per heavy atom. The van der Waals surface area contributed by atoms with E-state index in [0.29, 0.717) is 0 Å². The molecule has 0 unspecified atom stereocenters. The highest BCUT2D eigenvalue weighted by Gasteiger charge is 2.59. The molecule has 10 aromatic carbocycles. The van der Waals surface area contributed by atoms with Crippen LogP contribution in [0, 0.1) is 0 Å². The topological polar surface area (TPSA) is 3.24 Å². The molecule has 65 heavy (non-hydrogen) atoms. The fourth-order valence-electron chi connectivity index (χ4n) is 12.5. The van der Waals surface area contributed by atoms with Crippen LogP contribution in [0.2, 0.25) is 0 Å². The minimum absolute atomic E-state index is 0.0340. The average molecular weight is 840 g/mol. The molecule has 3 heterocycles. The number of para-hydroxylation sites is 2. The van der Waals surface area contributed by atoms with E-state index in [-0.39, 0.29) is 13.4 Å². The Balaban J connectivity index is 1.11. The van der Waals surface area contributed by atoms with Gasteiger partial charge in [0.2, 0.25) is 13.4 Å². The SMILES string of the molecule is c1ccc(N(c2ccccc2)c2cccc(B3c4ccccc4[Si]4(c5ccccc53)c3ccccc3B3c5ccccc5C(c5ccccc5)(c5ccccc5)c5cccc4c53)c2)cc1. The first kappa shape index (κ1) is 37.9. The van der Waals surface area contributed by atoms with Crippen molar-refractivity contribution in [2.24, 2.45) is 0 Å². The van der Waals surface area contributed by atoms with E-state index in [9.17, 15) is 0 Å². The third kappa shape index (κ3) is 5.35. The van der Waals surface area contributed by atoms with Crippen molar-refractivity contribution in [3.63, 3.8) is 0 Å². The molecule has 0 aliphatic carbocycles. The number of rotatable bonds is 6. The zero-order valence-corrected chi connectivity index (χ0v) is 36.9. The second kappa shape index (κ2) is 15.0. The molecule has 0 fully saturated rings. The molecule has 0 amide bonds. The van der Waals surface area contributed by atoms with Crippen LogP contribution in [0.5, 0.6) is 0 Å². The lowest BCUT2D eigenvalue weighted by Crippen LogP contribution is -2.93. The summed E-state index contributed by atoms with van der Waals surface area (Å²) in [5.74, 6) is 0. The quantitative estimate of drug-likeness (QED) is 0.165. The maximum Gasteiger partial charge on any atom is 0.241 e. The van der Waals surface area contributed by atoms with Crippen molar-refractivity contribution in [1.82, 2.24) is 0 Å². The molecule has 302 valence electrons. The second-order valence-electron chi connectivity index (χ2n) is 17.8. The van der Waals surface area contributed by atoms with Crippen LogP contribution in [-0.2, 0) is 5.41 Å². The first-order valence-corrected chi connectivity index (χ1v) is 24.9. The van der Waals surface area contributed by atoms with Gasteiger partial charge in [-0.1, -0.05) is 257 Å². The largest absolute Gasteiger partial charge is 0.311 e. The van der Waals surface area contributed by atoms with E-state index >= 15 is 0 Å². The van der Waals surface area contributed by atoms with Crippen LogP contribution in [0.4, 0.5) is 17.1 Å². The van der Waals surface area contributed by atoms with Gasteiger partial charge in [-0.2, -0.15) is 0 Å². The van der Waals surface area contributed by atoms with Crippen LogP contribution < -0.4 is 58.4 Å². The van der Waals surface area contributed by atoms with Gasteiger partial charge in [-0.15, -0.1) is 0 Å². The van der Waals surface area contributed by atoms with E-state index in [4.69, 9.17) is 0 Å². The number of hydrogen-bond donors (Lipinski definition) is 0. The van der Waals surface area contributed by atoms with Crippen LogP contribution in [-0.4, -0.2) is 21.5 Å². The van der Waals surface area contributed by atoms with Crippen molar-refractivity contribution < 1.29 is 0 Å². The third-order valence-corrected chi connectivity index (χ3v) is 19.8. The highest BCUT2D eigenvalue weighted by Crippen LogP contribution is 2.46. The summed E-state index contributed by atoms with van der Waals surface area (Å²) in [4.78, 5) is 2.39. The van der Waals surface area contributed by atoms with E-state index in [0.717, 1.165) is 17.1 Å². The standard InChI is InChI=1S/C61H43B2NSi/c1-5-23-44(24-6-1)61(45-25-7-2-8-26-45)50-33-13-14-35-52(50)63-55-38-17-20-41-58(55)65(59-42-22-34-51(61)60(59)63)56-39-18-15-36-53(56)62(54-37-16-19-40-57(54)65)46-27-21-32-49(43-46)64(47-28-9-3-10-29-47)48-30-11-4-12-31-48/h1-43H. The van der Waals surface area contributed by atoms with Gasteiger partial charge in [0, 0.05) is 17.1 Å². The van der Waals surface area contributed by atoms with E-state index < -0.39 is 13.5 Å². The fraction of sp³-hybridized carbons (Fsp3) is 0.0164.